The zero-order chi connectivity index (χ0) is 18.3. The molecule has 25 heavy (non-hydrogen) atoms. The first-order valence-electron chi connectivity index (χ1n) is 9.77. The fourth-order valence-corrected chi connectivity index (χ4v) is 3.66. The Labute approximate surface area is 152 Å². The Hall–Kier alpha value is -1.55. The number of carbonyl (C=O) groups excluding carboxylic acids is 1. The van der Waals surface area contributed by atoms with E-state index in [1.807, 2.05) is 0 Å². The maximum atomic E-state index is 12.1. The molecular formula is C21H34N2O2. The van der Waals surface area contributed by atoms with Crippen LogP contribution in [0.1, 0.15) is 64.9 Å². The summed E-state index contributed by atoms with van der Waals surface area (Å²) < 4.78 is 5.58. The summed E-state index contributed by atoms with van der Waals surface area (Å²) >= 11 is 0. The summed E-state index contributed by atoms with van der Waals surface area (Å²) in [6, 6.07) is 8.49. The standard InChI is InChI=1S/C21H34N2O2/c1-5-21(6-2)15-17(25-20(21)24)11-12-22-13-14-23-19-10-8-7-9-18(19)16(3)4/h7-10,16-17,22-23H,5-6,11-15H2,1-4H3. The van der Waals surface area contributed by atoms with Crippen molar-refractivity contribution in [2.24, 2.45) is 5.41 Å². The van der Waals surface area contributed by atoms with Crippen LogP contribution < -0.4 is 10.6 Å². The third-order valence-electron chi connectivity index (χ3n) is 5.52. The molecule has 1 aliphatic heterocycles. The highest BCUT2D eigenvalue weighted by molar-refractivity contribution is 5.78. The van der Waals surface area contributed by atoms with Gasteiger partial charge in [-0.05, 0) is 43.4 Å². The first kappa shape index (κ1) is 19.8. The van der Waals surface area contributed by atoms with Gasteiger partial charge in [0.2, 0.25) is 0 Å². The third-order valence-corrected chi connectivity index (χ3v) is 5.52. The highest BCUT2D eigenvalue weighted by atomic mass is 16.6. The lowest BCUT2D eigenvalue weighted by Gasteiger charge is -2.20. The van der Waals surface area contributed by atoms with Crippen molar-refractivity contribution in [3.05, 3.63) is 29.8 Å². The normalized spacial score (nSPS) is 19.2. The van der Waals surface area contributed by atoms with Crippen LogP contribution in [0.3, 0.4) is 0 Å². The van der Waals surface area contributed by atoms with Gasteiger partial charge in [-0.1, -0.05) is 45.9 Å². The van der Waals surface area contributed by atoms with Gasteiger partial charge >= 0.3 is 5.97 Å². The van der Waals surface area contributed by atoms with E-state index in [4.69, 9.17) is 4.74 Å². The molecule has 1 heterocycles. The Morgan fingerprint density at radius 2 is 1.88 bits per heavy atom. The molecule has 1 atom stereocenters. The summed E-state index contributed by atoms with van der Waals surface area (Å²) in [4.78, 5) is 12.1. The average molecular weight is 347 g/mol. The molecule has 4 nitrogen and oxygen atoms in total. The van der Waals surface area contributed by atoms with E-state index in [0.717, 1.165) is 45.3 Å². The SMILES string of the molecule is CCC1(CC)CC(CCNCCNc2ccccc2C(C)C)OC1=O. The van der Waals surface area contributed by atoms with Crippen molar-refractivity contribution in [3.63, 3.8) is 0 Å². The zero-order valence-corrected chi connectivity index (χ0v) is 16.2. The molecule has 1 aliphatic rings. The maximum Gasteiger partial charge on any atom is 0.312 e. The molecule has 0 saturated carbocycles. The molecule has 1 aromatic carbocycles. The van der Waals surface area contributed by atoms with Crippen LogP contribution in [0, 0.1) is 5.41 Å². The summed E-state index contributed by atoms with van der Waals surface area (Å²) in [5.41, 5.74) is 2.35. The smallest absolute Gasteiger partial charge is 0.312 e. The van der Waals surface area contributed by atoms with Crippen LogP contribution in [-0.2, 0) is 9.53 Å². The molecule has 0 spiro atoms. The Morgan fingerprint density at radius 1 is 1.16 bits per heavy atom. The van der Waals surface area contributed by atoms with E-state index < -0.39 is 0 Å². The van der Waals surface area contributed by atoms with E-state index in [9.17, 15) is 4.79 Å². The molecule has 0 amide bonds. The second-order valence-corrected chi connectivity index (χ2v) is 7.43. The highest BCUT2D eigenvalue weighted by Crippen LogP contribution is 2.40. The monoisotopic (exact) mass is 346 g/mol. The minimum Gasteiger partial charge on any atom is -0.462 e. The van der Waals surface area contributed by atoms with Crippen molar-refractivity contribution in [2.45, 2.75) is 65.4 Å². The van der Waals surface area contributed by atoms with Gasteiger partial charge < -0.3 is 15.4 Å². The van der Waals surface area contributed by atoms with Gasteiger partial charge in [-0.3, -0.25) is 4.79 Å². The Balaban J connectivity index is 1.66. The second kappa shape index (κ2) is 9.23. The Morgan fingerprint density at radius 3 is 2.52 bits per heavy atom. The molecule has 0 bridgehead atoms. The molecule has 0 aromatic heterocycles. The van der Waals surface area contributed by atoms with Gasteiger partial charge in [0.15, 0.2) is 0 Å². The molecule has 1 aromatic rings. The van der Waals surface area contributed by atoms with Crippen LogP contribution in [0.2, 0.25) is 0 Å². The molecular weight excluding hydrogens is 312 g/mol. The number of esters is 1. The lowest BCUT2D eigenvalue weighted by Crippen LogP contribution is -2.26. The topological polar surface area (TPSA) is 50.4 Å². The molecule has 140 valence electrons. The molecule has 1 saturated heterocycles. The van der Waals surface area contributed by atoms with Gasteiger partial charge in [-0.15, -0.1) is 0 Å². The van der Waals surface area contributed by atoms with Crippen LogP contribution in [0.4, 0.5) is 5.69 Å². The molecule has 2 rings (SSSR count). The predicted octanol–water partition coefficient (Wildman–Crippen LogP) is 4.32. The molecule has 1 unspecified atom stereocenters. The molecule has 1 fully saturated rings. The second-order valence-electron chi connectivity index (χ2n) is 7.43. The molecule has 0 aliphatic carbocycles. The van der Waals surface area contributed by atoms with Crippen molar-refractivity contribution in [2.75, 3.05) is 25.0 Å². The fourth-order valence-electron chi connectivity index (χ4n) is 3.66. The number of cyclic esters (lactones) is 1. The molecule has 0 radical (unpaired) electrons. The summed E-state index contributed by atoms with van der Waals surface area (Å²) in [7, 11) is 0. The number of hydrogen-bond acceptors (Lipinski definition) is 4. The first-order valence-corrected chi connectivity index (χ1v) is 9.77. The number of hydrogen-bond donors (Lipinski definition) is 2. The number of benzene rings is 1. The lowest BCUT2D eigenvalue weighted by atomic mass is 9.79. The Kier molecular flexibility index (Phi) is 7.30. The third kappa shape index (κ3) is 4.97. The van der Waals surface area contributed by atoms with Crippen LogP contribution in [0.15, 0.2) is 24.3 Å². The van der Waals surface area contributed by atoms with Gasteiger partial charge in [-0.25, -0.2) is 0 Å². The summed E-state index contributed by atoms with van der Waals surface area (Å²) in [5, 5.41) is 6.97. The minimum absolute atomic E-state index is 0.00876. The van der Waals surface area contributed by atoms with Crippen molar-refractivity contribution in [1.82, 2.24) is 5.32 Å². The maximum absolute atomic E-state index is 12.1. The van der Waals surface area contributed by atoms with E-state index in [-0.39, 0.29) is 17.5 Å². The van der Waals surface area contributed by atoms with Gasteiger partial charge in [0.25, 0.3) is 0 Å². The zero-order valence-electron chi connectivity index (χ0n) is 16.2. The van der Waals surface area contributed by atoms with Gasteiger partial charge in [-0.2, -0.15) is 0 Å². The van der Waals surface area contributed by atoms with Crippen molar-refractivity contribution < 1.29 is 9.53 Å². The van der Waals surface area contributed by atoms with E-state index in [1.165, 1.54) is 11.3 Å². The van der Waals surface area contributed by atoms with Gasteiger partial charge in [0.1, 0.15) is 6.10 Å². The van der Waals surface area contributed by atoms with E-state index >= 15 is 0 Å². The fraction of sp³-hybridized carbons (Fsp3) is 0.667. The lowest BCUT2D eigenvalue weighted by molar-refractivity contribution is -0.149. The highest BCUT2D eigenvalue weighted by Gasteiger charge is 2.45. The number of ether oxygens (including phenoxy) is 1. The molecule has 4 heteroatoms. The average Bonchev–Trinajstić information content (AvgIpc) is 2.94. The number of rotatable bonds is 10. The number of nitrogens with one attached hydrogen (secondary N) is 2. The first-order chi connectivity index (χ1) is 12.0. The largest absolute Gasteiger partial charge is 0.462 e. The summed E-state index contributed by atoms with van der Waals surface area (Å²) in [6.07, 6.45) is 3.61. The number of carbonyl (C=O) groups is 1. The van der Waals surface area contributed by atoms with Gasteiger partial charge in [0, 0.05) is 25.2 Å². The van der Waals surface area contributed by atoms with Crippen molar-refractivity contribution in [1.29, 1.82) is 0 Å². The minimum atomic E-state index is -0.229. The summed E-state index contributed by atoms with van der Waals surface area (Å²) in [5.74, 6) is 0.528. The van der Waals surface area contributed by atoms with Crippen molar-refractivity contribution >= 4 is 11.7 Å². The van der Waals surface area contributed by atoms with Crippen LogP contribution in [0.5, 0.6) is 0 Å². The summed E-state index contributed by atoms with van der Waals surface area (Å²) in [6.45, 7) is 11.3. The van der Waals surface area contributed by atoms with Crippen molar-refractivity contribution in [3.8, 4) is 0 Å². The van der Waals surface area contributed by atoms with E-state index in [0.29, 0.717) is 5.92 Å². The Bertz CT molecular complexity index is 553. The van der Waals surface area contributed by atoms with E-state index in [2.05, 4.69) is 62.6 Å². The number of anilines is 1. The molecule has 2 N–H and O–H groups in total. The number of para-hydroxylation sites is 1. The van der Waals surface area contributed by atoms with Crippen LogP contribution in [0.25, 0.3) is 0 Å². The van der Waals surface area contributed by atoms with Gasteiger partial charge in [0.05, 0.1) is 5.41 Å². The van der Waals surface area contributed by atoms with Crippen LogP contribution >= 0.6 is 0 Å². The van der Waals surface area contributed by atoms with E-state index in [1.54, 1.807) is 0 Å². The quantitative estimate of drug-likeness (QED) is 0.489. The van der Waals surface area contributed by atoms with Crippen LogP contribution in [-0.4, -0.2) is 31.7 Å². The predicted molar refractivity (Wildman–Crippen MR) is 104 cm³/mol.